The summed E-state index contributed by atoms with van der Waals surface area (Å²) in [5, 5.41) is 9.95. The summed E-state index contributed by atoms with van der Waals surface area (Å²) in [6.07, 6.45) is 7.00. The minimum Gasteiger partial charge on any atom is -0.512 e. The Morgan fingerprint density at radius 2 is 2.19 bits per heavy atom. The van der Waals surface area contributed by atoms with E-state index >= 15 is 0 Å². The van der Waals surface area contributed by atoms with Gasteiger partial charge in [-0.1, -0.05) is 21.5 Å². The van der Waals surface area contributed by atoms with Crippen molar-refractivity contribution >= 4 is 21.7 Å². The van der Waals surface area contributed by atoms with Crippen LogP contribution in [0.25, 0.3) is 0 Å². The fourth-order valence-electron chi connectivity index (χ4n) is 2.55. The van der Waals surface area contributed by atoms with Crippen LogP contribution in [0.15, 0.2) is 21.9 Å². The monoisotopic (exact) mass is 284 g/mol. The van der Waals surface area contributed by atoms with E-state index in [0.29, 0.717) is 19.3 Å². The van der Waals surface area contributed by atoms with Crippen LogP contribution in [0, 0.1) is 5.41 Å². The van der Waals surface area contributed by atoms with Crippen molar-refractivity contribution in [1.29, 1.82) is 0 Å². The van der Waals surface area contributed by atoms with E-state index in [1.165, 1.54) is 10.1 Å². The van der Waals surface area contributed by atoms with Crippen LogP contribution in [-0.2, 0) is 4.79 Å². The van der Waals surface area contributed by atoms with Gasteiger partial charge in [-0.15, -0.1) is 0 Å². The van der Waals surface area contributed by atoms with Gasteiger partial charge in [-0.2, -0.15) is 0 Å². The van der Waals surface area contributed by atoms with Crippen LogP contribution in [0.2, 0.25) is 0 Å². The van der Waals surface area contributed by atoms with Crippen molar-refractivity contribution in [2.75, 3.05) is 0 Å². The zero-order valence-corrected chi connectivity index (χ0v) is 11.1. The molecule has 0 fully saturated rings. The summed E-state index contributed by atoms with van der Waals surface area (Å²) in [7, 11) is 0. The molecule has 1 unspecified atom stereocenters. The molecule has 3 heteroatoms. The summed E-state index contributed by atoms with van der Waals surface area (Å²) in [6, 6.07) is 0. The predicted molar refractivity (Wildman–Crippen MR) is 67.5 cm³/mol. The number of carbonyl (C=O) groups is 1. The molecule has 16 heavy (non-hydrogen) atoms. The molecule has 1 N–H and O–H groups in total. The maximum atomic E-state index is 12.0. The molecule has 0 radical (unpaired) electrons. The van der Waals surface area contributed by atoms with Crippen molar-refractivity contribution in [3.8, 4) is 0 Å². The van der Waals surface area contributed by atoms with Crippen molar-refractivity contribution in [3.63, 3.8) is 0 Å². The Labute approximate surface area is 105 Å². The van der Waals surface area contributed by atoms with Gasteiger partial charge < -0.3 is 5.11 Å². The molecular weight excluding hydrogens is 268 g/mol. The topological polar surface area (TPSA) is 37.3 Å². The Morgan fingerprint density at radius 1 is 1.44 bits per heavy atom. The molecule has 0 aromatic rings. The summed E-state index contributed by atoms with van der Waals surface area (Å²) in [4.78, 5) is 12.0. The highest BCUT2D eigenvalue weighted by Crippen LogP contribution is 2.43. The van der Waals surface area contributed by atoms with E-state index in [0.717, 1.165) is 19.3 Å². The molecule has 0 aromatic carbocycles. The molecule has 2 rings (SSSR count). The van der Waals surface area contributed by atoms with Crippen LogP contribution in [0.4, 0.5) is 0 Å². The zero-order valence-electron chi connectivity index (χ0n) is 9.55. The van der Waals surface area contributed by atoms with Crippen LogP contribution in [0.5, 0.6) is 0 Å². The lowest BCUT2D eigenvalue weighted by Gasteiger charge is -2.31. The molecule has 2 aliphatic rings. The second-order valence-corrected chi connectivity index (χ2v) is 5.88. The molecule has 0 bridgehead atoms. The first-order chi connectivity index (χ1) is 7.54. The number of hydrogen-bond acceptors (Lipinski definition) is 2. The number of ketones is 1. The van der Waals surface area contributed by atoms with E-state index in [1.807, 2.05) is 6.92 Å². The van der Waals surface area contributed by atoms with Gasteiger partial charge in [0.2, 0.25) is 0 Å². The number of allylic oxidation sites excluding steroid dienone is 4. The van der Waals surface area contributed by atoms with Crippen molar-refractivity contribution in [3.05, 3.63) is 21.9 Å². The van der Waals surface area contributed by atoms with Gasteiger partial charge >= 0.3 is 0 Å². The van der Waals surface area contributed by atoms with E-state index in [2.05, 4.69) is 15.9 Å². The molecule has 0 spiro atoms. The fourth-order valence-corrected chi connectivity index (χ4v) is 3.17. The third kappa shape index (κ3) is 1.97. The smallest absolute Gasteiger partial charge is 0.146 e. The van der Waals surface area contributed by atoms with Gasteiger partial charge in [-0.05, 0) is 49.6 Å². The summed E-state index contributed by atoms with van der Waals surface area (Å²) in [5.41, 5.74) is 0.634. The summed E-state index contributed by atoms with van der Waals surface area (Å²) in [5.74, 6) is 0.440. The SMILES string of the molecule is CC1(CC2=C(Br)CCC2)C(=O)CCC=C1O. The van der Waals surface area contributed by atoms with Gasteiger partial charge in [0.05, 0.1) is 5.41 Å². The minimum absolute atomic E-state index is 0.173. The first-order valence-corrected chi connectivity index (χ1v) is 6.62. The fraction of sp³-hybridized carbons (Fsp3) is 0.615. The molecule has 0 aromatic heterocycles. The number of aliphatic hydroxyl groups excluding tert-OH is 1. The Balaban J connectivity index is 2.24. The van der Waals surface area contributed by atoms with Gasteiger partial charge in [0.15, 0.2) is 0 Å². The third-order valence-corrected chi connectivity index (χ3v) is 4.67. The number of rotatable bonds is 2. The second-order valence-electron chi connectivity index (χ2n) is 4.92. The normalized spacial score (nSPS) is 30.9. The molecule has 0 saturated carbocycles. The number of hydrogen-bond donors (Lipinski definition) is 1. The lowest BCUT2D eigenvalue weighted by Crippen LogP contribution is -2.33. The molecule has 0 amide bonds. The Bertz CT molecular complexity index is 381. The molecule has 1 atom stereocenters. The first kappa shape index (κ1) is 11.9. The molecular formula is C13H17BrO2. The van der Waals surface area contributed by atoms with Gasteiger partial charge in [0, 0.05) is 6.42 Å². The summed E-state index contributed by atoms with van der Waals surface area (Å²) in [6.45, 7) is 1.87. The van der Waals surface area contributed by atoms with E-state index in [4.69, 9.17) is 0 Å². The number of carbonyl (C=O) groups excluding carboxylic acids is 1. The van der Waals surface area contributed by atoms with Crippen molar-refractivity contribution < 1.29 is 9.90 Å². The first-order valence-electron chi connectivity index (χ1n) is 5.83. The van der Waals surface area contributed by atoms with Crippen LogP contribution in [-0.4, -0.2) is 10.9 Å². The largest absolute Gasteiger partial charge is 0.512 e. The highest BCUT2D eigenvalue weighted by atomic mass is 79.9. The molecule has 0 aliphatic heterocycles. The van der Waals surface area contributed by atoms with E-state index in [1.54, 1.807) is 6.08 Å². The van der Waals surface area contributed by atoms with E-state index in [9.17, 15) is 9.90 Å². The highest BCUT2D eigenvalue weighted by molar-refractivity contribution is 9.11. The summed E-state index contributed by atoms with van der Waals surface area (Å²) >= 11 is 3.56. The lowest BCUT2D eigenvalue weighted by molar-refractivity contribution is -0.128. The molecule has 0 saturated heterocycles. The Kier molecular flexibility index (Phi) is 3.24. The number of aliphatic hydroxyl groups is 1. The minimum atomic E-state index is -0.670. The maximum Gasteiger partial charge on any atom is 0.146 e. The van der Waals surface area contributed by atoms with Crippen LogP contribution in [0.3, 0.4) is 0 Å². The number of halogens is 1. The quantitative estimate of drug-likeness (QED) is 0.832. The van der Waals surface area contributed by atoms with E-state index < -0.39 is 5.41 Å². The second kappa shape index (κ2) is 4.36. The molecule has 2 aliphatic carbocycles. The van der Waals surface area contributed by atoms with Crippen molar-refractivity contribution in [2.45, 2.75) is 45.4 Å². The zero-order chi connectivity index (χ0) is 11.8. The third-order valence-electron chi connectivity index (χ3n) is 3.72. The van der Waals surface area contributed by atoms with Gasteiger partial charge in [-0.3, -0.25) is 4.79 Å². The van der Waals surface area contributed by atoms with Crippen LogP contribution >= 0.6 is 15.9 Å². The molecule has 0 heterocycles. The summed E-state index contributed by atoms with van der Waals surface area (Å²) < 4.78 is 1.24. The van der Waals surface area contributed by atoms with Crippen molar-refractivity contribution in [1.82, 2.24) is 0 Å². The Morgan fingerprint density at radius 3 is 2.75 bits per heavy atom. The predicted octanol–water partition coefficient (Wildman–Crippen LogP) is 4.02. The average molecular weight is 285 g/mol. The van der Waals surface area contributed by atoms with Gasteiger partial charge in [0.25, 0.3) is 0 Å². The van der Waals surface area contributed by atoms with Gasteiger partial charge in [-0.25, -0.2) is 0 Å². The van der Waals surface area contributed by atoms with Gasteiger partial charge in [0.1, 0.15) is 11.5 Å². The molecule has 2 nitrogen and oxygen atoms in total. The van der Waals surface area contributed by atoms with E-state index in [-0.39, 0.29) is 11.5 Å². The lowest BCUT2D eigenvalue weighted by atomic mass is 9.73. The number of Topliss-reactive ketones (excluding diaryl/α,β-unsaturated/α-hetero) is 1. The average Bonchev–Trinajstić information content (AvgIpc) is 2.62. The Hall–Kier alpha value is -0.570. The molecule has 88 valence electrons. The van der Waals surface area contributed by atoms with Crippen molar-refractivity contribution in [2.24, 2.45) is 5.41 Å². The maximum absolute atomic E-state index is 12.0. The van der Waals surface area contributed by atoms with Crippen LogP contribution in [0.1, 0.15) is 45.4 Å². The van der Waals surface area contributed by atoms with Crippen LogP contribution < -0.4 is 0 Å². The standard InChI is InChI=1S/C13H17BrO2/c1-13(8-9-4-2-5-10(9)14)11(15)6-3-7-12(13)16/h6,15H,2-5,7-8H2,1H3. The highest BCUT2D eigenvalue weighted by Gasteiger charge is 2.40.